The van der Waals surface area contributed by atoms with E-state index in [1.807, 2.05) is 62.3 Å². The third-order valence-electron chi connectivity index (χ3n) is 4.42. The fourth-order valence-electron chi connectivity index (χ4n) is 3.05. The molecule has 0 aliphatic carbocycles. The highest BCUT2D eigenvalue weighted by atomic mass is 16.3. The highest BCUT2D eigenvalue weighted by Gasteiger charge is 2.47. The quantitative estimate of drug-likeness (QED) is 0.772. The third-order valence-corrected chi connectivity index (χ3v) is 4.42. The van der Waals surface area contributed by atoms with Gasteiger partial charge in [-0.15, -0.1) is 0 Å². The Hall–Kier alpha value is -2.24. The number of rotatable bonds is 8. The Bertz CT molecular complexity index is 661. The summed E-state index contributed by atoms with van der Waals surface area (Å²) < 4.78 is 0. The second kappa shape index (κ2) is 8.74. The van der Waals surface area contributed by atoms with Crippen LogP contribution in [-0.4, -0.2) is 48.1 Å². The Balaban J connectivity index is 2.58. The lowest BCUT2D eigenvalue weighted by molar-refractivity contribution is -0.132. The first kappa shape index (κ1) is 19.1. The zero-order valence-corrected chi connectivity index (χ0v) is 15.1. The van der Waals surface area contributed by atoms with Crippen LogP contribution < -0.4 is 5.32 Å². The van der Waals surface area contributed by atoms with Gasteiger partial charge in [0.2, 0.25) is 5.91 Å². The largest absolute Gasteiger partial charge is 0.385 e. The molecule has 0 radical (unpaired) electrons. The zero-order chi connectivity index (χ0) is 18.3. The van der Waals surface area contributed by atoms with Gasteiger partial charge in [-0.25, -0.2) is 0 Å². The van der Waals surface area contributed by atoms with Crippen molar-refractivity contribution < 1.29 is 9.90 Å². The number of likely N-dealkylation sites (N-methyl/N-ethyl adjacent to an activating group) is 1. The molecule has 2 atom stereocenters. The Morgan fingerprint density at radius 1 is 1.20 bits per heavy atom. The van der Waals surface area contributed by atoms with Gasteiger partial charge in [0.15, 0.2) is 0 Å². The molecule has 0 aliphatic rings. The van der Waals surface area contributed by atoms with Crippen LogP contribution in [0.1, 0.15) is 30.7 Å². The van der Waals surface area contributed by atoms with E-state index >= 15 is 0 Å². The molecule has 0 bridgehead atoms. The van der Waals surface area contributed by atoms with E-state index < -0.39 is 11.5 Å². The summed E-state index contributed by atoms with van der Waals surface area (Å²) in [5.74, 6) is -0.179. The molecule has 25 heavy (non-hydrogen) atoms. The molecule has 5 heteroatoms. The Morgan fingerprint density at radius 3 is 2.44 bits per heavy atom. The number of hydrogen-bond donors (Lipinski definition) is 2. The van der Waals surface area contributed by atoms with E-state index in [-0.39, 0.29) is 5.91 Å². The summed E-state index contributed by atoms with van der Waals surface area (Å²) in [5.41, 5.74) is 0.188. The van der Waals surface area contributed by atoms with Gasteiger partial charge in [0.05, 0.1) is 5.69 Å². The Morgan fingerprint density at radius 2 is 1.88 bits per heavy atom. The summed E-state index contributed by atoms with van der Waals surface area (Å²) in [6.07, 6.45) is 1.08. The molecule has 2 unspecified atom stereocenters. The fraction of sp³-hybridized carbons (Fsp3) is 0.400. The maximum absolute atomic E-state index is 13.2. The molecule has 134 valence electrons. The smallest absolute Gasteiger partial charge is 0.233 e. The standard InChI is InChI=1S/C20H27N3O2/c1-4-21-19(25)20(13-15-23(2)3,16-10-6-5-7-11-16)18(24)17-12-8-9-14-22-17/h5-12,14,18,24H,4,13,15H2,1-3H3,(H,21,25). The van der Waals surface area contributed by atoms with Crippen LogP contribution in [0.4, 0.5) is 0 Å². The van der Waals surface area contributed by atoms with Crippen molar-refractivity contribution in [1.82, 2.24) is 15.2 Å². The van der Waals surface area contributed by atoms with E-state index in [1.54, 1.807) is 18.3 Å². The number of carbonyl (C=O) groups is 1. The summed E-state index contributed by atoms with van der Waals surface area (Å²) in [7, 11) is 3.92. The number of nitrogens with zero attached hydrogens (tertiary/aromatic N) is 2. The monoisotopic (exact) mass is 341 g/mol. The number of aliphatic hydroxyl groups is 1. The SMILES string of the molecule is CCNC(=O)C(CCN(C)C)(c1ccccc1)C(O)c1ccccn1. The molecular weight excluding hydrogens is 314 g/mol. The second-order valence-corrected chi connectivity index (χ2v) is 6.41. The lowest BCUT2D eigenvalue weighted by atomic mass is 9.70. The van der Waals surface area contributed by atoms with E-state index in [9.17, 15) is 9.90 Å². The molecule has 2 N–H and O–H groups in total. The summed E-state index contributed by atoms with van der Waals surface area (Å²) >= 11 is 0. The lowest BCUT2D eigenvalue weighted by Gasteiger charge is -2.37. The van der Waals surface area contributed by atoms with Crippen molar-refractivity contribution in [2.24, 2.45) is 0 Å². The molecule has 1 aromatic heterocycles. The van der Waals surface area contributed by atoms with Gasteiger partial charge in [-0.3, -0.25) is 9.78 Å². The highest BCUT2D eigenvalue weighted by molar-refractivity contribution is 5.89. The third kappa shape index (κ3) is 4.24. The van der Waals surface area contributed by atoms with Gasteiger partial charge < -0.3 is 15.3 Å². The van der Waals surface area contributed by atoms with Crippen molar-refractivity contribution in [3.63, 3.8) is 0 Å². The number of aromatic nitrogens is 1. The van der Waals surface area contributed by atoms with Crippen LogP contribution in [0.15, 0.2) is 54.7 Å². The summed E-state index contributed by atoms with van der Waals surface area (Å²) in [5, 5.41) is 14.2. The minimum atomic E-state index is -1.10. The fourth-order valence-corrected chi connectivity index (χ4v) is 3.05. The predicted octanol–water partition coefficient (Wildman–Crippen LogP) is 2.14. The average molecular weight is 341 g/mol. The molecule has 0 fully saturated rings. The van der Waals surface area contributed by atoms with Crippen LogP contribution in [0.3, 0.4) is 0 Å². The summed E-state index contributed by atoms with van der Waals surface area (Å²) in [6, 6.07) is 14.9. The van der Waals surface area contributed by atoms with E-state index in [0.29, 0.717) is 25.2 Å². The number of benzene rings is 1. The molecule has 1 amide bonds. The minimum absolute atomic E-state index is 0.179. The van der Waals surface area contributed by atoms with Crippen LogP contribution in [0.5, 0.6) is 0 Å². The zero-order valence-electron chi connectivity index (χ0n) is 15.1. The maximum atomic E-state index is 13.2. The predicted molar refractivity (Wildman–Crippen MR) is 99.2 cm³/mol. The Labute approximate surface area is 149 Å². The van der Waals surface area contributed by atoms with Gasteiger partial charge in [-0.1, -0.05) is 36.4 Å². The minimum Gasteiger partial charge on any atom is -0.385 e. The van der Waals surface area contributed by atoms with Crippen molar-refractivity contribution >= 4 is 5.91 Å². The molecule has 0 aliphatic heterocycles. The summed E-state index contributed by atoms with van der Waals surface area (Å²) in [6.45, 7) is 3.05. The normalized spacial score (nSPS) is 14.8. The number of hydrogen-bond acceptors (Lipinski definition) is 4. The van der Waals surface area contributed by atoms with Crippen molar-refractivity contribution in [1.29, 1.82) is 0 Å². The number of nitrogens with one attached hydrogen (secondary N) is 1. The van der Waals surface area contributed by atoms with Crippen LogP contribution >= 0.6 is 0 Å². The van der Waals surface area contributed by atoms with E-state index in [0.717, 1.165) is 5.56 Å². The molecule has 1 aromatic carbocycles. The molecule has 0 spiro atoms. The maximum Gasteiger partial charge on any atom is 0.233 e. The molecule has 2 aromatic rings. The Kier molecular flexibility index (Phi) is 6.67. The van der Waals surface area contributed by atoms with E-state index in [2.05, 4.69) is 10.3 Å². The molecule has 0 saturated heterocycles. The number of amides is 1. The van der Waals surface area contributed by atoms with Crippen molar-refractivity contribution in [3.8, 4) is 0 Å². The first-order chi connectivity index (χ1) is 12.0. The average Bonchev–Trinajstić information content (AvgIpc) is 2.63. The molecule has 2 rings (SSSR count). The molecular formula is C20H27N3O2. The molecule has 1 heterocycles. The van der Waals surface area contributed by atoms with Gasteiger partial charge in [0, 0.05) is 12.7 Å². The first-order valence-electron chi connectivity index (χ1n) is 8.60. The van der Waals surface area contributed by atoms with Crippen molar-refractivity contribution in [3.05, 3.63) is 66.0 Å². The van der Waals surface area contributed by atoms with E-state index in [4.69, 9.17) is 0 Å². The number of aliphatic hydroxyl groups excluding tert-OH is 1. The topological polar surface area (TPSA) is 65.5 Å². The number of carbonyl (C=O) groups excluding carboxylic acids is 1. The van der Waals surface area contributed by atoms with Gasteiger partial charge in [0.25, 0.3) is 0 Å². The van der Waals surface area contributed by atoms with Crippen molar-refractivity contribution in [2.75, 3.05) is 27.2 Å². The highest BCUT2D eigenvalue weighted by Crippen LogP contribution is 2.40. The van der Waals surface area contributed by atoms with Crippen LogP contribution in [-0.2, 0) is 10.2 Å². The molecule has 0 saturated carbocycles. The van der Waals surface area contributed by atoms with Crippen LogP contribution in [0.2, 0.25) is 0 Å². The van der Waals surface area contributed by atoms with Gasteiger partial charge in [0.1, 0.15) is 11.5 Å². The van der Waals surface area contributed by atoms with Gasteiger partial charge in [-0.2, -0.15) is 0 Å². The van der Waals surface area contributed by atoms with E-state index in [1.165, 1.54) is 0 Å². The first-order valence-corrected chi connectivity index (χ1v) is 8.60. The second-order valence-electron chi connectivity index (χ2n) is 6.41. The van der Waals surface area contributed by atoms with Crippen LogP contribution in [0, 0.1) is 0 Å². The number of pyridine rings is 1. The van der Waals surface area contributed by atoms with Crippen molar-refractivity contribution in [2.45, 2.75) is 24.9 Å². The lowest BCUT2D eigenvalue weighted by Crippen LogP contribution is -2.50. The van der Waals surface area contributed by atoms with Gasteiger partial charge >= 0.3 is 0 Å². The summed E-state index contributed by atoms with van der Waals surface area (Å²) in [4.78, 5) is 19.5. The molecule has 5 nitrogen and oxygen atoms in total. The van der Waals surface area contributed by atoms with Crippen LogP contribution in [0.25, 0.3) is 0 Å². The van der Waals surface area contributed by atoms with Gasteiger partial charge in [-0.05, 0) is 51.7 Å².